The largest absolute Gasteiger partial charge is 0.497 e. The first kappa shape index (κ1) is 22.1. The molecule has 4 rings (SSSR count). The van der Waals surface area contributed by atoms with Gasteiger partial charge in [-0.1, -0.05) is 6.07 Å². The highest BCUT2D eigenvalue weighted by Crippen LogP contribution is 2.49. The molecule has 1 atom stereocenters. The number of benzene rings is 2. The average molecular weight is 452 g/mol. The summed E-state index contributed by atoms with van der Waals surface area (Å²) in [5, 5.41) is 12.6. The van der Waals surface area contributed by atoms with E-state index in [1.807, 2.05) is 12.1 Å². The second-order valence-corrected chi connectivity index (χ2v) is 7.40. The number of methoxy groups -OCH3 is 4. The summed E-state index contributed by atoms with van der Waals surface area (Å²) in [6.07, 6.45) is 1.61. The molecule has 9 nitrogen and oxygen atoms in total. The number of nitrogens with zero attached hydrogens (tertiary/aromatic N) is 1. The third-order valence-electron chi connectivity index (χ3n) is 5.72. The maximum absolute atomic E-state index is 12.7. The summed E-state index contributed by atoms with van der Waals surface area (Å²) in [4.78, 5) is 24.7. The predicted molar refractivity (Wildman–Crippen MR) is 120 cm³/mol. The van der Waals surface area contributed by atoms with Gasteiger partial charge in [0.05, 0.1) is 39.8 Å². The third-order valence-corrected chi connectivity index (χ3v) is 5.72. The monoisotopic (exact) mass is 452 g/mol. The molecule has 9 heteroatoms. The highest BCUT2D eigenvalue weighted by atomic mass is 16.5. The van der Waals surface area contributed by atoms with Gasteiger partial charge in [0.1, 0.15) is 11.3 Å². The molecule has 1 aliphatic heterocycles. The van der Waals surface area contributed by atoms with Gasteiger partial charge in [-0.15, -0.1) is 0 Å². The number of aromatic nitrogens is 1. The second kappa shape index (κ2) is 8.78. The molecule has 1 unspecified atom stereocenters. The van der Waals surface area contributed by atoms with E-state index in [2.05, 4.69) is 5.32 Å². The quantitative estimate of drug-likeness (QED) is 0.563. The van der Waals surface area contributed by atoms with E-state index in [4.69, 9.17) is 18.9 Å². The van der Waals surface area contributed by atoms with Crippen LogP contribution in [0.1, 0.15) is 34.0 Å². The van der Waals surface area contributed by atoms with Crippen molar-refractivity contribution in [3.8, 4) is 28.7 Å². The van der Waals surface area contributed by atoms with Crippen molar-refractivity contribution in [2.24, 2.45) is 0 Å². The fraction of sp³-hybridized carbons (Fsp3) is 0.250. The number of carbonyl (C=O) groups excluding carboxylic acids is 1. The van der Waals surface area contributed by atoms with Crippen molar-refractivity contribution in [1.29, 1.82) is 0 Å². The van der Waals surface area contributed by atoms with Crippen LogP contribution in [0.15, 0.2) is 42.6 Å². The zero-order chi connectivity index (χ0) is 23.7. The number of ether oxygens (including phenoxy) is 4. The molecule has 0 saturated heterocycles. The van der Waals surface area contributed by atoms with Gasteiger partial charge in [-0.05, 0) is 30.3 Å². The van der Waals surface area contributed by atoms with Crippen LogP contribution >= 0.6 is 0 Å². The normalized spacial score (nSPS) is 14.8. The number of nitrogens with one attached hydrogen (secondary N) is 1. The smallest absolute Gasteiger partial charge is 0.339 e. The van der Waals surface area contributed by atoms with Crippen LogP contribution in [0.25, 0.3) is 5.69 Å². The van der Waals surface area contributed by atoms with E-state index in [0.717, 1.165) is 5.69 Å². The first-order chi connectivity index (χ1) is 15.9. The Morgan fingerprint density at radius 2 is 1.67 bits per heavy atom. The first-order valence-corrected chi connectivity index (χ1v) is 10.1. The molecule has 3 aromatic rings. The molecule has 0 aliphatic carbocycles. The van der Waals surface area contributed by atoms with Gasteiger partial charge in [-0.25, -0.2) is 4.79 Å². The molecule has 1 amide bonds. The molecule has 0 bridgehead atoms. The zero-order valence-corrected chi connectivity index (χ0v) is 18.7. The minimum absolute atomic E-state index is 0.00156. The van der Waals surface area contributed by atoms with Gasteiger partial charge in [-0.2, -0.15) is 0 Å². The lowest BCUT2D eigenvalue weighted by atomic mass is 9.87. The molecule has 2 N–H and O–H groups in total. The minimum atomic E-state index is -1.14. The van der Waals surface area contributed by atoms with Crippen LogP contribution in [-0.4, -0.2) is 50.0 Å². The molecule has 172 valence electrons. The molecule has 0 spiro atoms. The van der Waals surface area contributed by atoms with Crippen LogP contribution in [0.4, 0.5) is 5.69 Å². The second-order valence-electron chi connectivity index (χ2n) is 7.40. The van der Waals surface area contributed by atoms with Crippen LogP contribution in [0.3, 0.4) is 0 Å². The van der Waals surface area contributed by atoms with E-state index < -0.39 is 11.9 Å². The SMILES string of the molecule is COc1ccc(-n2cc(C(=O)O)c3c2C(c2ccc(OC)c(OC)c2OC)CC(=O)N3)cc1. The van der Waals surface area contributed by atoms with Crippen molar-refractivity contribution in [2.45, 2.75) is 12.3 Å². The first-order valence-electron chi connectivity index (χ1n) is 10.1. The highest BCUT2D eigenvalue weighted by molar-refractivity contribution is 6.04. The molecule has 2 heterocycles. The fourth-order valence-corrected chi connectivity index (χ4v) is 4.24. The van der Waals surface area contributed by atoms with Gasteiger partial charge in [0, 0.05) is 29.8 Å². The summed E-state index contributed by atoms with van der Waals surface area (Å²) in [5.74, 6) is 0.0321. The number of anilines is 1. The number of fused-ring (bicyclic) bond motifs is 1. The van der Waals surface area contributed by atoms with E-state index in [0.29, 0.717) is 34.3 Å². The summed E-state index contributed by atoms with van der Waals surface area (Å²) >= 11 is 0. The lowest BCUT2D eigenvalue weighted by Crippen LogP contribution is -2.26. The minimum Gasteiger partial charge on any atom is -0.497 e. The number of carbonyl (C=O) groups is 2. The molecule has 2 aromatic carbocycles. The van der Waals surface area contributed by atoms with Gasteiger partial charge < -0.3 is 33.9 Å². The van der Waals surface area contributed by atoms with E-state index >= 15 is 0 Å². The Morgan fingerprint density at radius 1 is 0.970 bits per heavy atom. The zero-order valence-electron chi connectivity index (χ0n) is 18.7. The van der Waals surface area contributed by atoms with Gasteiger partial charge in [0.15, 0.2) is 11.5 Å². The van der Waals surface area contributed by atoms with Crippen molar-refractivity contribution in [3.05, 3.63) is 59.4 Å². The van der Waals surface area contributed by atoms with Gasteiger partial charge in [0.25, 0.3) is 0 Å². The van der Waals surface area contributed by atoms with E-state index in [1.54, 1.807) is 35.9 Å². The molecule has 0 fully saturated rings. The number of hydrogen-bond donors (Lipinski definition) is 2. The number of carboxylic acids is 1. The van der Waals surface area contributed by atoms with Crippen LogP contribution < -0.4 is 24.3 Å². The Labute approximate surface area is 190 Å². The van der Waals surface area contributed by atoms with Gasteiger partial charge >= 0.3 is 5.97 Å². The topological polar surface area (TPSA) is 108 Å². The van der Waals surface area contributed by atoms with Crippen molar-refractivity contribution >= 4 is 17.6 Å². The summed E-state index contributed by atoms with van der Waals surface area (Å²) in [6.45, 7) is 0. The number of carboxylic acid groups (broad SMARTS) is 1. The molecule has 0 saturated carbocycles. The fourth-order valence-electron chi connectivity index (χ4n) is 4.24. The van der Waals surface area contributed by atoms with E-state index in [9.17, 15) is 14.7 Å². The summed E-state index contributed by atoms with van der Waals surface area (Å²) < 4.78 is 23.6. The Kier molecular flexibility index (Phi) is 5.87. The molecule has 33 heavy (non-hydrogen) atoms. The van der Waals surface area contributed by atoms with Crippen molar-refractivity contribution in [3.63, 3.8) is 0 Å². The molecular formula is C24H24N2O7. The van der Waals surface area contributed by atoms with Crippen LogP contribution in [-0.2, 0) is 4.79 Å². The van der Waals surface area contributed by atoms with E-state index in [1.165, 1.54) is 27.5 Å². The molecular weight excluding hydrogens is 428 g/mol. The maximum Gasteiger partial charge on any atom is 0.339 e. The van der Waals surface area contributed by atoms with Crippen LogP contribution in [0, 0.1) is 0 Å². The summed E-state index contributed by atoms with van der Waals surface area (Å²) in [7, 11) is 6.11. The number of rotatable bonds is 7. The Bertz CT molecular complexity index is 1210. The molecule has 0 radical (unpaired) electrons. The van der Waals surface area contributed by atoms with Crippen LogP contribution in [0.2, 0.25) is 0 Å². The third kappa shape index (κ3) is 3.71. The number of hydrogen-bond acceptors (Lipinski definition) is 6. The standard InChI is InChI=1S/C24H24N2O7/c1-30-14-7-5-13(6-8-14)26-12-17(24(28)29)20-21(26)16(11-19(27)25-20)15-9-10-18(31-2)23(33-4)22(15)32-3/h5-10,12,16H,11H2,1-4H3,(H,25,27)(H,28,29). The number of amides is 1. The van der Waals surface area contributed by atoms with Crippen molar-refractivity contribution in [2.75, 3.05) is 33.8 Å². The van der Waals surface area contributed by atoms with Crippen molar-refractivity contribution < 1.29 is 33.6 Å². The Hall–Kier alpha value is -4.14. The molecule has 1 aliphatic rings. The maximum atomic E-state index is 12.7. The lowest BCUT2D eigenvalue weighted by Gasteiger charge is -2.28. The van der Waals surface area contributed by atoms with E-state index in [-0.39, 0.29) is 23.6 Å². The number of aromatic carboxylic acids is 1. The lowest BCUT2D eigenvalue weighted by molar-refractivity contribution is -0.116. The van der Waals surface area contributed by atoms with Crippen molar-refractivity contribution in [1.82, 2.24) is 4.57 Å². The highest BCUT2D eigenvalue weighted by Gasteiger charge is 2.36. The Morgan fingerprint density at radius 3 is 2.24 bits per heavy atom. The van der Waals surface area contributed by atoms with Gasteiger partial charge in [-0.3, -0.25) is 4.79 Å². The summed E-state index contributed by atoms with van der Waals surface area (Å²) in [5.41, 5.74) is 2.29. The predicted octanol–water partition coefficient (Wildman–Crippen LogP) is 3.68. The molecule has 1 aromatic heterocycles. The average Bonchev–Trinajstić information content (AvgIpc) is 3.22. The van der Waals surface area contributed by atoms with Gasteiger partial charge in [0.2, 0.25) is 11.7 Å². The van der Waals surface area contributed by atoms with Crippen LogP contribution in [0.5, 0.6) is 23.0 Å². The summed E-state index contributed by atoms with van der Waals surface area (Å²) in [6, 6.07) is 10.8. The Balaban J connectivity index is 1.98.